The number of nitrogens with one attached hydrogen (secondary N) is 2. The third kappa shape index (κ3) is 3.02. The molecule has 3 rings (SSSR count). The summed E-state index contributed by atoms with van der Waals surface area (Å²) in [6.07, 6.45) is 1.26. The predicted octanol–water partition coefficient (Wildman–Crippen LogP) is 3.01. The van der Waals surface area contributed by atoms with Gasteiger partial charge in [-0.2, -0.15) is 0 Å². The first-order chi connectivity index (χ1) is 10.6. The van der Waals surface area contributed by atoms with Gasteiger partial charge in [-0.25, -0.2) is 9.98 Å². The lowest BCUT2D eigenvalue weighted by Gasteiger charge is -1.96. The minimum absolute atomic E-state index is 0.00469. The number of H-pyrrole nitrogens is 2. The van der Waals surface area contributed by atoms with E-state index < -0.39 is 5.56 Å². The van der Waals surface area contributed by atoms with E-state index >= 15 is 0 Å². The number of hydrogen-bond acceptors (Lipinski definition) is 6. The maximum atomic E-state index is 11.7. The van der Waals surface area contributed by atoms with Crippen molar-refractivity contribution in [3.63, 3.8) is 0 Å². The molecule has 0 amide bonds. The SMILES string of the molecule is O=c1[nH]c(=S)[nH]c(O)c1/C=N/c1nc(-c2ccccc2)cs1. The van der Waals surface area contributed by atoms with Crippen LogP contribution in [-0.4, -0.2) is 26.3 Å². The van der Waals surface area contributed by atoms with E-state index in [1.807, 2.05) is 35.7 Å². The zero-order valence-corrected chi connectivity index (χ0v) is 12.7. The van der Waals surface area contributed by atoms with E-state index in [0.717, 1.165) is 11.3 Å². The summed E-state index contributed by atoms with van der Waals surface area (Å²) in [6.45, 7) is 0. The summed E-state index contributed by atoms with van der Waals surface area (Å²) in [5, 5.41) is 12.0. The molecule has 110 valence electrons. The number of hydrogen-bond donors (Lipinski definition) is 3. The van der Waals surface area contributed by atoms with Crippen LogP contribution in [0.3, 0.4) is 0 Å². The molecule has 3 N–H and O–H groups in total. The van der Waals surface area contributed by atoms with Crippen molar-refractivity contribution in [1.29, 1.82) is 0 Å². The maximum Gasteiger partial charge on any atom is 0.264 e. The van der Waals surface area contributed by atoms with E-state index in [1.165, 1.54) is 17.6 Å². The molecular formula is C14H10N4O2S2. The maximum absolute atomic E-state index is 11.7. The number of aliphatic imine (C=N–C) groups is 1. The fourth-order valence-corrected chi connectivity index (χ4v) is 2.65. The normalized spacial score (nSPS) is 11.1. The Balaban J connectivity index is 1.90. The average Bonchev–Trinajstić information content (AvgIpc) is 2.96. The first-order valence-electron chi connectivity index (χ1n) is 6.24. The molecule has 0 aliphatic rings. The van der Waals surface area contributed by atoms with Crippen LogP contribution in [0.4, 0.5) is 5.13 Å². The summed E-state index contributed by atoms with van der Waals surface area (Å²) in [5.74, 6) is -0.322. The summed E-state index contributed by atoms with van der Waals surface area (Å²) < 4.78 is 0.0558. The van der Waals surface area contributed by atoms with Crippen LogP contribution in [-0.2, 0) is 0 Å². The summed E-state index contributed by atoms with van der Waals surface area (Å²) >= 11 is 6.10. The highest BCUT2D eigenvalue weighted by Crippen LogP contribution is 2.26. The Morgan fingerprint density at radius 2 is 2.05 bits per heavy atom. The predicted molar refractivity (Wildman–Crippen MR) is 88.7 cm³/mol. The Morgan fingerprint density at radius 1 is 1.27 bits per heavy atom. The van der Waals surface area contributed by atoms with Crippen molar-refractivity contribution in [3.05, 3.63) is 56.4 Å². The van der Waals surface area contributed by atoms with Crippen LogP contribution in [0.25, 0.3) is 11.3 Å². The largest absolute Gasteiger partial charge is 0.494 e. The molecule has 0 atom stereocenters. The molecule has 0 aliphatic heterocycles. The van der Waals surface area contributed by atoms with Crippen molar-refractivity contribution in [2.24, 2.45) is 4.99 Å². The minimum Gasteiger partial charge on any atom is -0.494 e. The third-order valence-electron chi connectivity index (χ3n) is 2.82. The van der Waals surface area contributed by atoms with E-state index in [-0.39, 0.29) is 16.2 Å². The first kappa shape index (κ1) is 14.4. The number of aromatic nitrogens is 3. The molecule has 0 saturated carbocycles. The zero-order chi connectivity index (χ0) is 15.5. The van der Waals surface area contributed by atoms with Crippen LogP contribution in [0, 0.1) is 4.77 Å². The van der Waals surface area contributed by atoms with Gasteiger partial charge in [0.05, 0.1) is 5.69 Å². The molecule has 22 heavy (non-hydrogen) atoms. The molecule has 0 aliphatic carbocycles. The fraction of sp³-hybridized carbons (Fsp3) is 0. The molecular weight excluding hydrogens is 320 g/mol. The van der Waals surface area contributed by atoms with E-state index in [0.29, 0.717) is 5.13 Å². The Morgan fingerprint density at radius 3 is 2.77 bits per heavy atom. The van der Waals surface area contributed by atoms with Gasteiger partial charge in [0.1, 0.15) is 5.56 Å². The molecule has 2 aromatic heterocycles. The average molecular weight is 330 g/mol. The lowest BCUT2D eigenvalue weighted by atomic mass is 10.2. The van der Waals surface area contributed by atoms with Crippen LogP contribution in [0.2, 0.25) is 0 Å². The molecule has 0 unspecified atom stereocenters. The summed E-state index contributed by atoms with van der Waals surface area (Å²) in [4.78, 5) is 25.0. The Labute approximate surface area is 133 Å². The highest BCUT2D eigenvalue weighted by atomic mass is 32.1. The summed E-state index contributed by atoms with van der Waals surface area (Å²) in [7, 11) is 0. The van der Waals surface area contributed by atoms with Gasteiger partial charge in [-0.15, -0.1) is 11.3 Å². The van der Waals surface area contributed by atoms with Gasteiger partial charge in [0.15, 0.2) is 4.77 Å². The van der Waals surface area contributed by atoms with Crippen LogP contribution in [0.5, 0.6) is 5.88 Å². The minimum atomic E-state index is -0.509. The molecule has 0 radical (unpaired) electrons. The van der Waals surface area contributed by atoms with Crippen LogP contribution in [0.15, 0.2) is 45.5 Å². The number of aromatic hydroxyl groups is 1. The Kier molecular flexibility index (Phi) is 3.94. The fourth-order valence-electron chi connectivity index (χ4n) is 1.79. The molecule has 0 saturated heterocycles. The molecule has 0 fully saturated rings. The molecule has 3 aromatic rings. The Bertz CT molecular complexity index is 941. The van der Waals surface area contributed by atoms with Gasteiger partial charge >= 0.3 is 0 Å². The second-order valence-corrected chi connectivity index (χ2v) is 5.55. The van der Waals surface area contributed by atoms with Gasteiger partial charge in [0, 0.05) is 17.2 Å². The van der Waals surface area contributed by atoms with Crippen molar-refractivity contribution < 1.29 is 5.11 Å². The van der Waals surface area contributed by atoms with E-state index in [2.05, 4.69) is 19.9 Å². The molecule has 6 nitrogen and oxygen atoms in total. The van der Waals surface area contributed by atoms with Crippen LogP contribution >= 0.6 is 23.6 Å². The van der Waals surface area contributed by atoms with Crippen molar-refractivity contribution in [3.8, 4) is 17.1 Å². The number of benzene rings is 1. The number of aromatic amines is 2. The molecule has 0 spiro atoms. The van der Waals surface area contributed by atoms with E-state index in [4.69, 9.17) is 12.2 Å². The highest BCUT2D eigenvalue weighted by molar-refractivity contribution is 7.71. The number of rotatable bonds is 3. The lowest BCUT2D eigenvalue weighted by molar-refractivity contribution is 0.449. The van der Waals surface area contributed by atoms with Crippen LogP contribution < -0.4 is 5.56 Å². The van der Waals surface area contributed by atoms with E-state index in [1.54, 1.807) is 0 Å². The van der Waals surface area contributed by atoms with Crippen molar-refractivity contribution in [1.82, 2.24) is 15.0 Å². The Hall–Kier alpha value is -2.58. The smallest absolute Gasteiger partial charge is 0.264 e. The molecule has 0 bridgehead atoms. The number of nitrogens with zero attached hydrogens (tertiary/aromatic N) is 2. The van der Waals surface area contributed by atoms with Gasteiger partial charge in [-0.05, 0) is 12.2 Å². The van der Waals surface area contributed by atoms with Crippen molar-refractivity contribution >= 4 is 34.9 Å². The number of thiazole rings is 1. The van der Waals surface area contributed by atoms with Gasteiger partial charge in [0.25, 0.3) is 5.56 Å². The standard InChI is InChI=1S/C14H10N4O2S2/c19-11-9(12(20)18-13(21)17-11)6-15-14-16-10(7-22-14)8-4-2-1-3-5-8/h1-7H,(H3,17,18,19,20,21)/b15-6+. The van der Waals surface area contributed by atoms with Gasteiger partial charge < -0.3 is 10.1 Å². The second kappa shape index (κ2) is 6.04. The first-order valence-corrected chi connectivity index (χ1v) is 7.53. The monoisotopic (exact) mass is 330 g/mol. The highest BCUT2D eigenvalue weighted by Gasteiger charge is 2.06. The third-order valence-corrected chi connectivity index (χ3v) is 3.78. The van der Waals surface area contributed by atoms with Crippen LogP contribution in [0.1, 0.15) is 5.56 Å². The summed E-state index contributed by atoms with van der Waals surface area (Å²) in [5.41, 5.74) is 1.29. The molecule has 2 heterocycles. The van der Waals surface area contributed by atoms with Gasteiger partial charge in [-0.3, -0.25) is 9.78 Å². The lowest BCUT2D eigenvalue weighted by Crippen LogP contribution is -2.13. The topological polar surface area (TPSA) is 94.1 Å². The summed E-state index contributed by atoms with van der Waals surface area (Å²) in [6, 6.07) is 9.71. The van der Waals surface area contributed by atoms with Gasteiger partial charge in [-0.1, -0.05) is 30.3 Å². The van der Waals surface area contributed by atoms with Crippen molar-refractivity contribution in [2.45, 2.75) is 0 Å². The molecule has 1 aromatic carbocycles. The zero-order valence-electron chi connectivity index (χ0n) is 11.1. The van der Waals surface area contributed by atoms with Gasteiger partial charge in [0.2, 0.25) is 11.0 Å². The molecule has 8 heteroatoms. The second-order valence-electron chi connectivity index (χ2n) is 4.31. The quantitative estimate of drug-likeness (QED) is 0.508. The van der Waals surface area contributed by atoms with E-state index in [9.17, 15) is 9.90 Å². The van der Waals surface area contributed by atoms with Crippen molar-refractivity contribution in [2.75, 3.05) is 0 Å².